The van der Waals surface area contributed by atoms with Gasteiger partial charge in [-0.25, -0.2) is 5.01 Å². The van der Waals surface area contributed by atoms with Gasteiger partial charge in [0, 0.05) is 32.4 Å². The van der Waals surface area contributed by atoms with E-state index in [1.165, 1.54) is 0 Å². The number of piperidine rings is 1. The number of ether oxygens (including phenoxy) is 3. The monoisotopic (exact) mass is 435 g/mol. The minimum Gasteiger partial charge on any atom is -0.497 e. The maximum atomic E-state index is 13.4. The lowest BCUT2D eigenvalue weighted by molar-refractivity contribution is -0.186. The van der Waals surface area contributed by atoms with Crippen LogP contribution in [0.5, 0.6) is 5.75 Å². The molecule has 0 radical (unpaired) electrons. The maximum Gasteiger partial charge on any atom is 0.257 e. The molecule has 7 heteroatoms. The van der Waals surface area contributed by atoms with Crippen molar-refractivity contribution in [1.29, 1.82) is 0 Å². The predicted molar refractivity (Wildman–Crippen MR) is 120 cm³/mol. The Kier molecular flexibility index (Phi) is 5.95. The lowest BCUT2D eigenvalue weighted by Crippen LogP contribution is -2.48. The Bertz CT molecular complexity index is 960. The summed E-state index contributed by atoms with van der Waals surface area (Å²) in [5.74, 6) is 0.380. The van der Waals surface area contributed by atoms with Crippen molar-refractivity contribution in [3.63, 3.8) is 0 Å². The average molecular weight is 436 g/mol. The van der Waals surface area contributed by atoms with Crippen molar-refractivity contribution < 1.29 is 19.0 Å². The van der Waals surface area contributed by atoms with Gasteiger partial charge in [-0.05, 0) is 23.3 Å². The van der Waals surface area contributed by atoms with Crippen LogP contribution in [0.25, 0.3) is 0 Å². The van der Waals surface area contributed by atoms with Crippen molar-refractivity contribution in [2.75, 3.05) is 40.0 Å². The topological polar surface area (TPSA) is 63.6 Å². The van der Waals surface area contributed by atoms with Gasteiger partial charge in [-0.3, -0.25) is 9.69 Å². The summed E-state index contributed by atoms with van der Waals surface area (Å²) >= 11 is 0. The van der Waals surface area contributed by atoms with Crippen molar-refractivity contribution >= 4 is 11.6 Å². The maximum absolute atomic E-state index is 13.4. The highest BCUT2D eigenvalue weighted by molar-refractivity contribution is 6.03. The van der Waals surface area contributed by atoms with Gasteiger partial charge < -0.3 is 14.2 Å². The van der Waals surface area contributed by atoms with Gasteiger partial charge in [-0.2, -0.15) is 5.10 Å². The van der Waals surface area contributed by atoms with Gasteiger partial charge in [-0.15, -0.1) is 0 Å². The number of hydrogen-bond acceptors (Lipinski definition) is 6. The fourth-order valence-corrected chi connectivity index (χ4v) is 4.73. The largest absolute Gasteiger partial charge is 0.497 e. The molecule has 168 valence electrons. The second kappa shape index (κ2) is 9.02. The molecule has 3 heterocycles. The molecule has 5 rings (SSSR count). The molecule has 0 saturated carbocycles. The Morgan fingerprint density at radius 2 is 1.75 bits per heavy atom. The molecule has 32 heavy (non-hydrogen) atoms. The molecule has 1 atom stereocenters. The van der Waals surface area contributed by atoms with Crippen LogP contribution >= 0.6 is 0 Å². The van der Waals surface area contributed by atoms with E-state index >= 15 is 0 Å². The summed E-state index contributed by atoms with van der Waals surface area (Å²) in [7, 11) is 1.65. The number of nitrogens with zero attached hydrogens (tertiary/aromatic N) is 3. The van der Waals surface area contributed by atoms with Crippen molar-refractivity contribution in [3.8, 4) is 5.75 Å². The van der Waals surface area contributed by atoms with E-state index in [-0.39, 0.29) is 11.9 Å². The Hall–Kier alpha value is -2.74. The molecule has 2 saturated heterocycles. The fraction of sp³-hybridized carbons (Fsp3) is 0.440. The number of carbonyl (C=O) groups excluding carboxylic acids is 1. The molecule has 2 aromatic carbocycles. The molecule has 0 bridgehead atoms. The number of amides is 1. The number of benzene rings is 2. The third-order valence-corrected chi connectivity index (χ3v) is 6.56. The third-order valence-electron chi connectivity index (χ3n) is 6.56. The van der Waals surface area contributed by atoms with Gasteiger partial charge >= 0.3 is 0 Å². The van der Waals surface area contributed by atoms with E-state index in [4.69, 9.17) is 19.3 Å². The summed E-state index contributed by atoms with van der Waals surface area (Å²) < 4.78 is 16.9. The van der Waals surface area contributed by atoms with Crippen LogP contribution in [0.15, 0.2) is 59.7 Å². The highest BCUT2D eigenvalue weighted by Gasteiger charge is 2.41. The molecular weight excluding hydrogens is 406 g/mol. The second-order valence-corrected chi connectivity index (χ2v) is 8.53. The van der Waals surface area contributed by atoms with Crippen LogP contribution in [0.1, 0.15) is 36.4 Å². The molecule has 0 N–H and O–H groups in total. The Labute approximate surface area is 188 Å². The first-order valence-corrected chi connectivity index (χ1v) is 11.2. The number of carbonyl (C=O) groups is 1. The third kappa shape index (κ3) is 4.28. The van der Waals surface area contributed by atoms with Gasteiger partial charge in [0.25, 0.3) is 5.91 Å². The van der Waals surface area contributed by atoms with Crippen molar-refractivity contribution in [3.05, 3.63) is 65.7 Å². The summed E-state index contributed by atoms with van der Waals surface area (Å²) in [5.41, 5.74) is 3.04. The molecule has 3 aliphatic heterocycles. The number of hydrazone groups is 1. The molecule has 2 aromatic rings. The van der Waals surface area contributed by atoms with E-state index in [1.54, 1.807) is 12.1 Å². The fourth-order valence-electron chi connectivity index (χ4n) is 4.73. The zero-order valence-corrected chi connectivity index (χ0v) is 18.4. The van der Waals surface area contributed by atoms with E-state index in [0.29, 0.717) is 26.2 Å². The lowest BCUT2D eigenvalue weighted by Gasteiger charge is -2.37. The van der Waals surface area contributed by atoms with Gasteiger partial charge in [0.2, 0.25) is 0 Å². The Balaban J connectivity index is 1.32. The van der Waals surface area contributed by atoms with Crippen LogP contribution < -0.4 is 4.74 Å². The molecule has 1 amide bonds. The minimum atomic E-state index is -0.433. The van der Waals surface area contributed by atoms with Gasteiger partial charge in [0.1, 0.15) is 5.75 Å². The van der Waals surface area contributed by atoms with E-state index in [2.05, 4.69) is 4.90 Å². The quantitative estimate of drug-likeness (QED) is 0.722. The zero-order valence-electron chi connectivity index (χ0n) is 18.4. The number of methoxy groups -OCH3 is 1. The Morgan fingerprint density at radius 3 is 2.41 bits per heavy atom. The summed E-state index contributed by atoms with van der Waals surface area (Å²) in [5, 5.41) is 6.47. The molecule has 0 unspecified atom stereocenters. The first-order chi connectivity index (χ1) is 15.7. The molecule has 7 nitrogen and oxygen atoms in total. The number of rotatable bonds is 5. The van der Waals surface area contributed by atoms with Gasteiger partial charge in [-0.1, -0.05) is 42.5 Å². The second-order valence-electron chi connectivity index (χ2n) is 8.53. The van der Waals surface area contributed by atoms with Crippen molar-refractivity contribution in [1.82, 2.24) is 9.91 Å². The van der Waals surface area contributed by atoms with E-state index < -0.39 is 5.79 Å². The zero-order chi connectivity index (χ0) is 22.0. The number of hydrogen-bond donors (Lipinski definition) is 0. The van der Waals surface area contributed by atoms with Crippen LogP contribution in [0.2, 0.25) is 0 Å². The SMILES string of the molecule is COc1ccc([C@@H]2CC(c3ccccc3)=NN2C(=O)CN2CCC3(CC2)OCCO3)cc1. The van der Waals surface area contributed by atoms with Crippen molar-refractivity contribution in [2.45, 2.75) is 31.1 Å². The molecule has 1 spiro atoms. The smallest absolute Gasteiger partial charge is 0.257 e. The van der Waals surface area contributed by atoms with Crippen LogP contribution in [0.3, 0.4) is 0 Å². The summed E-state index contributed by atoms with van der Waals surface area (Å²) in [4.78, 5) is 15.6. The number of likely N-dealkylation sites (tertiary alicyclic amines) is 1. The van der Waals surface area contributed by atoms with Crippen LogP contribution in [-0.4, -0.2) is 67.3 Å². The van der Waals surface area contributed by atoms with E-state index in [0.717, 1.165) is 48.5 Å². The Morgan fingerprint density at radius 1 is 1.06 bits per heavy atom. The molecule has 2 fully saturated rings. The highest BCUT2D eigenvalue weighted by Crippen LogP contribution is 2.35. The van der Waals surface area contributed by atoms with Crippen LogP contribution in [0, 0.1) is 0 Å². The van der Waals surface area contributed by atoms with E-state index in [1.807, 2.05) is 54.6 Å². The van der Waals surface area contributed by atoms with Gasteiger partial charge in [0.05, 0.1) is 38.6 Å². The average Bonchev–Trinajstić information content (AvgIpc) is 3.49. The summed E-state index contributed by atoms with van der Waals surface area (Å²) in [6.45, 7) is 3.22. The van der Waals surface area contributed by atoms with E-state index in [9.17, 15) is 4.79 Å². The highest BCUT2D eigenvalue weighted by atomic mass is 16.7. The standard InChI is InChI=1S/C25H29N3O4/c1-30-21-9-7-20(8-10-21)23-17-22(19-5-3-2-4-6-19)26-28(23)24(29)18-27-13-11-25(12-14-27)31-15-16-32-25/h2-10,23H,11-18H2,1H3/t23-/m0/s1. The summed E-state index contributed by atoms with van der Waals surface area (Å²) in [6.07, 6.45) is 2.27. The molecule has 3 aliphatic rings. The molecular formula is C25H29N3O4. The predicted octanol–water partition coefficient (Wildman–Crippen LogP) is 3.21. The first kappa shape index (κ1) is 21.1. The first-order valence-electron chi connectivity index (χ1n) is 11.2. The van der Waals surface area contributed by atoms with Crippen molar-refractivity contribution in [2.24, 2.45) is 5.10 Å². The van der Waals surface area contributed by atoms with Gasteiger partial charge in [0.15, 0.2) is 5.79 Å². The lowest BCUT2D eigenvalue weighted by atomic mass is 9.98. The van der Waals surface area contributed by atoms with Crippen LogP contribution in [0.4, 0.5) is 0 Å². The molecule has 0 aromatic heterocycles. The van der Waals surface area contributed by atoms with Crippen LogP contribution in [-0.2, 0) is 14.3 Å². The normalized spacial score (nSPS) is 22.8. The minimum absolute atomic E-state index is 0.0148. The molecule has 0 aliphatic carbocycles. The summed E-state index contributed by atoms with van der Waals surface area (Å²) in [6, 6.07) is 17.9.